The van der Waals surface area contributed by atoms with Crippen molar-refractivity contribution in [3.63, 3.8) is 0 Å². The van der Waals surface area contributed by atoms with Crippen LogP contribution in [0.3, 0.4) is 0 Å². The number of benzene rings is 1. The van der Waals surface area contributed by atoms with Crippen LogP contribution in [0, 0.1) is 0 Å². The molecule has 0 aliphatic carbocycles. The maximum absolute atomic E-state index is 4.88. The normalized spacial score (nSPS) is 14.1. The fourth-order valence-electron chi connectivity index (χ4n) is 3.28. The summed E-state index contributed by atoms with van der Waals surface area (Å²) in [7, 11) is 0. The Morgan fingerprint density at radius 2 is 1.96 bits per heavy atom. The molecule has 3 aromatic heterocycles. The second kappa shape index (κ2) is 5.19. The van der Waals surface area contributed by atoms with Crippen molar-refractivity contribution >= 4 is 16.9 Å². The molecular weight excluding hydrogens is 300 g/mol. The number of H-pyrrole nitrogens is 2. The van der Waals surface area contributed by atoms with Crippen LogP contribution >= 0.6 is 0 Å². The molecule has 6 heteroatoms. The number of rotatable bonds is 2. The molecule has 1 aliphatic rings. The molecule has 0 radical (unpaired) electrons. The molecule has 4 aromatic rings. The molecule has 24 heavy (non-hydrogen) atoms. The molecule has 0 bridgehead atoms. The quantitative estimate of drug-likeness (QED) is 0.595. The lowest BCUT2D eigenvalue weighted by Crippen LogP contribution is -2.31. The highest BCUT2D eigenvalue weighted by Gasteiger charge is 2.22. The third-order valence-corrected chi connectivity index (χ3v) is 4.50. The van der Waals surface area contributed by atoms with Gasteiger partial charge in [-0.25, -0.2) is 15.0 Å². The number of nitrogens with one attached hydrogen (secondary N) is 2. The van der Waals surface area contributed by atoms with Crippen LogP contribution in [0.25, 0.3) is 22.4 Å². The largest absolute Gasteiger partial charge is 0.350 e. The molecule has 4 heterocycles. The summed E-state index contributed by atoms with van der Waals surface area (Å²) in [5, 5.41) is 1.05. The Balaban J connectivity index is 0.00000157. The fraction of sp³-hybridized carbons (Fsp3) is 0.167. The molecule has 1 aliphatic heterocycles. The first kappa shape index (κ1) is 13.3. The zero-order valence-electron chi connectivity index (χ0n) is 13.0. The highest BCUT2D eigenvalue weighted by Crippen LogP contribution is 2.29. The Morgan fingerprint density at radius 1 is 1.04 bits per heavy atom. The fourth-order valence-corrected chi connectivity index (χ4v) is 3.28. The van der Waals surface area contributed by atoms with E-state index in [0.717, 1.165) is 53.4 Å². The van der Waals surface area contributed by atoms with Gasteiger partial charge >= 0.3 is 0 Å². The van der Waals surface area contributed by atoms with Crippen molar-refractivity contribution in [2.45, 2.75) is 13.0 Å². The average Bonchev–Trinajstić information content (AvgIpc) is 3.29. The van der Waals surface area contributed by atoms with Crippen LogP contribution in [0.1, 0.15) is 12.8 Å². The third-order valence-electron chi connectivity index (χ3n) is 4.50. The van der Waals surface area contributed by atoms with E-state index in [4.69, 9.17) is 4.98 Å². The van der Waals surface area contributed by atoms with E-state index < -0.39 is 0 Å². The Labute approximate surface area is 140 Å². The zero-order chi connectivity index (χ0) is 15.9. The van der Waals surface area contributed by atoms with Gasteiger partial charge in [0.1, 0.15) is 11.5 Å². The third kappa shape index (κ3) is 2.07. The summed E-state index contributed by atoms with van der Waals surface area (Å²) >= 11 is 0. The highest BCUT2D eigenvalue weighted by molar-refractivity contribution is 5.89. The summed E-state index contributed by atoms with van der Waals surface area (Å²) in [5.74, 6) is 1.72. The molecule has 0 fully saturated rings. The SMILES string of the molecule is [HH].c1ccc(-c2nc(N3CCc4nc[nH]c4C3)c3cc[nH]c3n2)cc1. The van der Waals surface area contributed by atoms with Crippen LogP contribution in [0.4, 0.5) is 5.82 Å². The Morgan fingerprint density at radius 3 is 2.88 bits per heavy atom. The lowest BCUT2D eigenvalue weighted by Gasteiger charge is -2.28. The van der Waals surface area contributed by atoms with Crippen molar-refractivity contribution in [1.82, 2.24) is 24.9 Å². The van der Waals surface area contributed by atoms with Crippen molar-refractivity contribution in [3.8, 4) is 11.4 Å². The van der Waals surface area contributed by atoms with Gasteiger partial charge in [0.15, 0.2) is 5.82 Å². The smallest absolute Gasteiger partial charge is 0.163 e. The molecule has 0 saturated carbocycles. The van der Waals surface area contributed by atoms with Crippen LogP contribution < -0.4 is 4.90 Å². The first-order valence-corrected chi connectivity index (χ1v) is 8.05. The summed E-state index contributed by atoms with van der Waals surface area (Å²) in [6.07, 6.45) is 4.62. The van der Waals surface area contributed by atoms with Gasteiger partial charge in [-0.15, -0.1) is 0 Å². The first-order valence-electron chi connectivity index (χ1n) is 8.05. The van der Waals surface area contributed by atoms with Crippen molar-refractivity contribution in [2.24, 2.45) is 0 Å². The number of imidazole rings is 1. The minimum Gasteiger partial charge on any atom is -0.350 e. The summed E-state index contributed by atoms with van der Waals surface area (Å²) in [6.45, 7) is 1.70. The van der Waals surface area contributed by atoms with Gasteiger partial charge in [0.25, 0.3) is 0 Å². The van der Waals surface area contributed by atoms with Gasteiger partial charge in [-0.2, -0.15) is 0 Å². The van der Waals surface area contributed by atoms with E-state index in [1.165, 1.54) is 5.69 Å². The van der Waals surface area contributed by atoms with E-state index in [0.29, 0.717) is 0 Å². The van der Waals surface area contributed by atoms with Crippen LogP contribution in [-0.4, -0.2) is 31.5 Å². The van der Waals surface area contributed by atoms with Crippen LogP contribution in [0.15, 0.2) is 48.9 Å². The minimum absolute atomic E-state index is 0. The molecule has 5 rings (SSSR count). The van der Waals surface area contributed by atoms with Crippen LogP contribution in [0.5, 0.6) is 0 Å². The number of nitrogens with zero attached hydrogens (tertiary/aromatic N) is 4. The van der Waals surface area contributed by atoms with E-state index in [2.05, 4.69) is 24.8 Å². The van der Waals surface area contributed by atoms with Gasteiger partial charge in [0.05, 0.1) is 29.6 Å². The Hall–Kier alpha value is -3.15. The molecule has 1 aromatic carbocycles. The molecule has 0 unspecified atom stereocenters. The number of hydrogen-bond acceptors (Lipinski definition) is 4. The number of fused-ring (bicyclic) bond motifs is 2. The Bertz CT molecular complexity index is 1010. The topological polar surface area (TPSA) is 73.5 Å². The zero-order valence-corrected chi connectivity index (χ0v) is 13.0. The molecule has 120 valence electrons. The van der Waals surface area contributed by atoms with Gasteiger partial charge in [-0.05, 0) is 6.07 Å². The lowest BCUT2D eigenvalue weighted by atomic mass is 10.1. The second-order valence-electron chi connectivity index (χ2n) is 5.98. The van der Waals surface area contributed by atoms with Gasteiger partial charge in [0, 0.05) is 26.2 Å². The van der Waals surface area contributed by atoms with Crippen LogP contribution in [-0.2, 0) is 13.0 Å². The van der Waals surface area contributed by atoms with Crippen molar-refractivity contribution in [1.29, 1.82) is 0 Å². The maximum Gasteiger partial charge on any atom is 0.163 e. The molecule has 6 nitrogen and oxygen atoms in total. The number of anilines is 1. The number of aromatic nitrogens is 5. The Kier molecular flexibility index (Phi) is 2.88. The van der Waals surface area contributed by atoms with E-state index in [1.807, 2.05) is 42.6 Å². The monoisotopic (exact) mass is 318 g/mol. The summed E-state index contributed by atoms with van der Waals surface area (Å²) in [5.41, 5.74) is 4.22. The second-order valence-corrected chi connectivity index (χ2v) is 5.98. The van der Waals surface area contributed by atoms with E-state index in [9.17, 15) is 0 Å². The molecule has 0 spiro atoms. The summed E-state index contributed by atoms with van der Waals surface area (Å²) in [4.78, 5) is 22.7. The molecule has 0 saturated heterocycles. The van der Waals surface area contributed by atoms with Crippen molar-refractivity contribution < 1.29 is 1.43 Å². The maximum atomic E-state index is 4.88. The minimum atomic E-state index is 0. The van der Waals surface area contributed by atoms with E-state index in [-0.39, 0.29) is 1.43 Å². The predicted molar refractivity (Wildman–Crippen MR) is 94.8 cm³/mol. The highest BCUT2D eigenvalue weighted by atomic mass is 15.2. The first-order chi connectivity index (χ1) is 11.9. The number of aromatic amines is 2. The van der Waals surface area contributed by atoms with Gasteiger partial charge < -0.3 is 14.9 Å². The lowest BCUT2D eigenvalue weighted by molar-refractivity contribution is 0.704. The molecule has 0 atom stereocenters. The summed E-state index contributed by atoms with van der Waals surface area (Å²) in [6, 6.07) is 12.1. The number of hydrogen-bond donors (Lipinski definition) is 2. The van der Waals surface area contributed by atoms with Crippen molar-refractivity contribution in [3.05, 3.63) is 60.3 Å². The van der Waals surface area contributed by atoms with Crippen LogP contribution in [0.2, 0.25) is 0 Å². The van der Waals surface area contributed by atoms with E-state index in [1.54, 1.807) is 6.33 Å². The average molecular weight is 318 g/mol. The van der Waals surface area contributed by atoms with Crippen molar-refractivity contribution in [2.75, 3.05) is 11.4 Å². The van der Waals surface area contributed by atoms with Gasteiger partial charge in [-0.3, -0.25) is 0 Å². The van der Waals surface area contributed by atoms with E-state index >= 15 is 0 Å². The predicted octanol–water partition coefficient (Wildman–Crippen LogP) is 3.16. The molecule has 0 amide bonds. The summed E-state index contributed by atoms with van der Waals surface area (Å²) < 4.78 is 0. The van der Waals surface area contributed by atoms with Gasteiger partial charge in [-0.1, -0.05) is 30.3 Å². The molecule has 2 N–H and O–H groups in total. The standard InChI is InChI=1S/C18H16N6.H2/c1-2-4-12(5-3-1)16-22-17-13(6-8-19-17)18(23-16)24-9-7-14-15(10-24)21-11-20-14;/h1-6,8,11H,7,9-10H2,(H,20,21)(H,19,22,23);1H. The van der Waals surface area contributed by atoms with Gasteiger partial charge in [0.2, 0.25) is 0 Å². The molecular formula is C18H18N6.